The molecular formula is C22H20N2O4. The number of methoxy groups -OCH3 is 1. The molecule has 0 spiro atoms. The number of aromatic nitrogens is 1. The third kappa shape index (κ3) is 3.24. The van der Waals surface area contributed by atoms with E-state index in [9.17, 15) is 4.79 Å². The van der Waals surface area contributed by atoms with Crippen LogP contribution in [0.3, 0.4) is 0 Å². The van der Waals surface area contributed by atoms with Crippen LogP contribution < -0.4 is 9.47 Å². The summed E-state index contributed by atoms with van der Waals surface area (Å²) in [4.78, 5) is 16.2. The highest BCUT2D eigenvalue weighted by Gasteiger charge is 2.14. The van der Waals surface area contributed by atoms with Gasteiger partial charge in [0, 0.05) is 34.9 Å². The molecule has 0 aliphatic carbocycles. The van der Waals surface area contributed by atoms with Crippen LogP contribution in [0.5, 0.6) is 11.5 Å². The van der Waals surface area contributed by atoms with Gasteiger partial charge in [0.05, 0.1) is 18.4 Å². The molecule has 0 fully saturated rings. The molecule has 0 saturated carbocycles. The van der Waals surface area contributed by atoms with Gasteiger partial charge in [0.1, 0.15) is 0 Å². The van der Waals surface area contributed by atoms with E-state index >= 15 is 0 Å². The maximum atomic E-state index is 11.6. The summed E-state index contributed by atoms with van der Waals surface area (Å²) < 4.78 is 17.6. The molecular weight excluding hydrogens is 356 g/mol. The summed E-state index contributed by atoms with van der Waals surface area (Å²) in [7, 11) is 1.38. The Kier molecular flexibility index (Phi) is 4.61. The third-order valence-corrected chi connectivity index (χ3v) is 4.73. The summed E-state index contributed by atoms with van der Waals surface area (Å²) in [5.41, 5.74) is 5.47. The lowest BCUT2D eigenvalue weighted by Gasteiger charge is -2.10. The van der Waals surface area contributed by atoms with Crippen molar-refractivity contribution in [3.8, 4) is 17.2 Å². The van der Waals surface area contributed by atoms with Gasteiger partial charge in [-0.3, -0.25) is 4.99 Å². The van der Waals surface area contributed by atoms with Crippen molar-refractivity contribution in [2.24, 2.45) is 4.99 Å². The van der Waals surface area contributed by atoms with E-state index in [1.807, 2.05) is 50.4 Å². The van der Waals surface area contributed by atoms with Crippen molar-refractivity contribution in [1.82, 2.24) is 4.57 Å². The number of hydrogen-bond acceptors (Lipinski definition) is 5. The predicted molar refractivity (Wildman–Crippen MR) is 106 cm³/mol. The van der Waals surface area contributed by atoms with Crippen molar-refractivity contribution >= 4 is 17.9 Å². The molecule has 2 heterocycles. The second kappa shape index (κ2) is 7.23. The lowest BCUT2D eigenvalue weighted by Crippen LogP contribution is -2.03. The van der Waals surface area contributed by atoms with Gasteiger partial charge in [0.15, 0.2) is 11.5 Å². The largest absolute Gasteiger partial charge is 0.465 e. The van der Waals surface area contributed by atoms with E-state index in [0.29, 0.717) is 11.3 Å². The Labute approximate surface area is 163 Å². The molecule has 4 rings (SSSR count). The Morgan fingerprint density at radius 3 is 2.57 bits per heavy atom. The van der Waals surface area contributed by atoms with Crippen LogP contribution in [0.4, 0.5) is 5.69 Å². The number of carbonyl (C=O) groups is 1. The first-order valence-electron chi connectivity index (χ1n) is 8.88. The van der Waals surface area contributed by atoms with Gasteiger partial charge in [-0.15, -0.1) is 0 Å². The maximum absolute atomic E-state index is 11.6. The van der Waals surface area contributed by atoms with Crippen LogP contribution in [-0.4, -0.2) is 30.7 Å². The number of rotatable bonds is 4. The lowest BCUT2D eigenvalue weighted by molar-refractivity contribution is 0.0600. The number of ether oxygens (including phenoxy) is 3. The minimum absolute atomic E-state index is 0.248. The van der Waals surface area contributed by atoms with E-state index in [1.165, 1.54) is 7.11 Å². The minimum atomic E-state index is -0.343. The second-order valence-electron chi connectivity index (χ2n) is 6.50. The Bertz CT molecular complexity index is 1060. The molecule has 1 aliphatic heterocycles. The topological polar surface area (TPSA) is 62.1 Å². The van der Waals surface area contributed by atoms with Gasteiger partial charge in [-0.1, -0.05) is 0 Å². The number of nitrogens with zero attached hydrogens (tertiary/aromatic N) is 2. The lowest BCUT2D eigenvalue weighted by atomic mass is 10.2. The van der Waals surface area contributed by atoms with E-state index in [-0.39, 0.29) is 12.8 Å². The fourth-order valence-corrected chi connectivity index (χ4v) is 3.29. The number of esters is 1. The van der Waals surface area contributed by atoms with Gasteiger partial charge < -0.3 is 18.8 Å². The molecule has 3 aromatic rings. The second-order valence-corrected chi connectivity index (χ2v) is 6.50. The smallest absolute Gasteiger partial charge is 0.337 e. The van der Waals surface area contributed by atoms with Gasteiger partial charge >= 0.3 is 5.97 Å². The highest BCUT2D eigenvalue weighted by atomic mass is 16.7. The van der Waals surface area contributed by atoms with Crippen LogP contribution in [0, 0.1) is 13.8 Å². The molecule has 6 nitrogen and oxygen atoms in total. The number of benzene rings is 2. The van der Waals surface area contributed by atoms with Crippen LogP contribution in [0.2, 0.25) is 0 Å². The molecule has 142 valence electrons. The highest BCUT2D eigenvalue weighted by molar-refractivity contribution is 5.89. The van der Waals surface area contributed by atoms with Crippen LogP contribution >= 0.6 is 0 Å². The zero-order chi connectivity index (χ0) is 19.7. The van der Waals surface area contributed by atoms with E-state index in [4.69, 9.17) is 14.2 Å². The zero-order valence-corrected chi connectivity index (χ0v) is 15.9. The third-order valence-electron chi connectivity index (χ3n) is 4.73. The first-order valence-corrected chi connectivity index (χ1v) is 8.88. The van der Waals surface area contributed by atoms with E-state index in [1.54, 1.807) is 12.1 Å². The fourth-order valence-electron chi connectivity index (χ4n) is 3.29. The van der Waals surface area contributed by atoms with Crippen LogP contribution in [-0.2, 0) is 4.74 Å². The molecule has 1 aromatic heterocycles. The van der Waals surface area contributed by atoms with Crippen molar-refractivity contribution in [3.63, 3.8) is 0 Å². The molecule has 6 heteroatoms. The summed E-state index contributed by atoms with van der Waals surface area (Å²) in [6.45, 7) is 4.33. The molecule has 0 atom stereocenters. The molecule has 2 aromatic carbocycles. The number of carbonyl (C=O) groups excluding carboxylic acids is 1. The van der Waals surface area contributed by atoms with Crippen molar-refractivity contribution in [3.05, 3.63) is 71.0 Å². The molecule has 0 unspecified atom stereocenters. The molecule has 0 N–H and O–H groups in total. The Morgan fingerprint density at radius 2 is 1.82 bits per heavy atom. The summed E-state index contributed by atoms with van der Waals surface area (Å²) in [5, 5.41) is 0. The Balaban J connectivity index is 1.61. The monoisotopic (exact) mass is 376 g/mol. The average molecular weight is 376 g/mol. The highest BCUT2D eigenvalue weighted by Crippen LogP contribution is 2.35. The predicted octanol–water partition coefficient (Wildman–Crippen LogP) is 4.36. The number of aliphatic imine (C=N–C) groups is 1. The summed E-state index contributed by atoms with van der Waals surface area (Å²) in [6, 6.07) is 15.1. The van der Waals surface area contributed by atoms with Crippen molar-refractivity contribution in [2.75, 3.05) is 13.9 Å². The van der Waals surface area contributed by atoms with E-state index in [2.05, 4.69) is 15.6 Å². The minimum Gasteiger partial charge on any atom is -0.465 e. The average Bonchev–Trinajstić information content (AvgIpc) is 3.29. The quantitative estimate of drug-likeness (QED) is 0.501. The first kappa shape index (κ1) is 17.9. The van der Waals surface area contributed by atoms with Gasteiger partial charge in [0.2, 0.25) is 6.79 Å². The number of fused-ring (bicyclic) bond motifs is 1. The maximum Gasteiger partial charge on any atom is 0.337 e. The van der Waals surface area contributed by atoms with Crippen LogP contribution in [0.25, 0.3) is 5.69 Å². The summed E-state index contributed by atoms with van der Waals surface area (Å²) >= 11 is 0. The number of aryl methyl sites for hydroxylation is 1. The van der Waals surface area contributed by atoms with Crippen molar-refractivity contribution in [2.45, 2.75) is 13.8 Å². The van der Waals surface area contributed by atoms with E-state index in [0.717, 1.165) is 34.1 Å². The Hall–Kier alpha value is -3.54. The van der Waals surface area contributed by atoms with Gasteiger partial charge in [-0.05, 0) is 56.3 Å². The summed E-state index contributed by atoms with van der Waals surface area (Å²) in [5.74, 6) is 1.11. The molecule has 0 saturated heterocycles. The molecule has 0 radical (unpaired) electrons. The van der Waals surface area contributed by atoms with Crippen LogP contribution in [0.15, 0.2) is 53.5 Å². The van der Waals surface area contributed by atoms with Gasteiger partial charge in [-0.25, -0.2) is 4.79 Å². The molecule has 0 amide bonds. The Morgan fingerprint density at radius 1 is 1.07 bits per heavy atom. The molecule has 1 aliphatic rings. The van der Waals surface area contributed by atoms with Crippen molar-refractivity contribution in [1.29, 1.82) is 0 Å². The fraction of sp³-hybridized carbons (Fsp3) is 0.182. The van der Waals surface area contributed by atoms with Crippen molar-refractivity contribution < 1.29 is 19.0 Å². The van der Waals surface area contributed by atoms with Gasteiger partial charge in [-0.2, -0.15) is 0 Å². The molecule has 28 heavy (non-hydrogen) atoms. The number of hydrogen-bond donors (Lipinski definition) is 0. The van der Waals surface area contributed by atoms with Crippen LogP contribution in [0.1, 0.15) is 27.3 Å². The summed E-state index contributed by atoms with van der Waals surface area (Å²) in [6.07, 6.45) is 1.85. The molecule has 0 bridgehead atoms. The standard InChI is InChI=1S/C22H20N2O4/c1-14-10-17(12-23-18-6-9-20-21(11-18)28-13-27-20)15(2)24(14)19-7-4-16(5-8-19)22(25)26-3/h4-12H,13H2,1-3H3. The van der Waals surface area contributed by atoms with E-state index < -0.39 is 0 Å². The first-order chi connectivity index (χ1) is 13.6. The van der Waals surface area contributed by atoms with Gasteiger partial charge in [0.25, 0.3) is 0 Å². The normalized spacial score (nSPS) is 12.5. The SMILES string of the molecule is COC(=O)c1ccc(-n2c(C)cc(C=Nc3ccc4c(c3)OCO4)c2C)cc1. The zero-order valence-electron chi connectivity index (χ0n) is 15.9.